The number of hydrogen-bond donors (Lipinski definition) is 2. The number of carbonyl (C=O) groups excluding carboxylic acids is 1. The van der Waals surface area contributed by atoms with Gasteiger partial charge in [0.05, 0.1) is 35.6 Å². The van der Waals surface area contributed by atoms with Crippen LogP contribution in [-0.4, -0.2) is 72.4 Å². The lowest BCUT2D eigenvalue weighted by molar-refractivity contribution is -0.111. The van der Waals surface area contributed by atoms with E-state index < -0.39 is 0 Å². The highest BCUT2D eigenvalue weighted by atomic mass is 32.2. The van der Waals surface area contributed by atoms with Crippen LogP contribution in [0.4, 0.5) is 23.0 Å². The molecule has 0 spiro atoms. The van der Waals surface area contributed by atoms with Crippen LogP contribution in [0.3, 0.4) is 0 Å². The van der Waals surface area contributed by atoms with Gasteiger partial charge in [-0.2, -0.15) is 11.8 Å². The molecule has 0 bridgehead atoms. The van der Waals surface area contributed by atoms with E-state index in [1.165, 1.54) is 11.6 Å². The normalized spacial score (nSPS) is 12.7. The van der Waals surface area contributed by atoms with E-state index in [-0.39, 0.29) is 5.91 Å². The number of methoxy groups -OCH3 is 1. The molecule has 5 rings (SSSR count). The summed E-state index contributed by atoms with van der Waals surface area (Å²) >= 11 is 1.91. The second-order valence-electron chi connectivity index (χ2n) is 10.4. The van der Waals surface area contributed by atoms with Crippen molar-refractivity contribution >= 4 is 51.6 Å². The second kappa shape index (κ2) is 12.2. The van der Waals surface area contributed by atoms with E-state index in [2.05, 4.69) is 69.1 Å². The maximum atomic E-state index is 12.4. The van der Waals surface area contributed by atoms with Gasteiger partial charge in [-0.05, 0) is 44.5 Å². The van der Waals surface area contributed by atoms with Crippen molar-refractivity contribution in [2.45, 2.75) is 12.2 Å². The number of nitrogens with zero attached hydrogens (tertiary/aromatic N) is 5. The van der Waals surface area contributed by atoms with Crippen LogP contribution in [0, 0.1) is 0 Å². The third-order valence-electron chi connectivity index (χ3n) is 7.28. The number of amides is 1. The summed E-state index contributed by atoms with van der Waals surface area (Å²) in [5.41, 5.74) is 7.58. The number of thioether (sulfide) groups is 1. The van der Waals surface area contributed by atoms with Crippen molar-refractivity contribution in [1.29, 1.82) is 0 Å². The summed E-state index contributed by atoms with van der Waals surface area (Å²) in [5, 5.41) is 7.55. The summed E-state index contributed by atoms with van der Waals surface area (Å²) in [6, 6.07) is 12.2. The van der Waals surface area contributed by atoms with Gasteiger partial charge in [0.2, 0.25) is 11.9 Å². The summed E-state index contributed by atoms with van der Waals surface area (Å²) in [5.74, 6) is 2.73. The van der Waals surface area contributed by atoms with Crippen LogP contribution >= 0.6 is 11.8 Å². The number of nitrogens with one attached hydrogen (secondary N) is 2. The third kappa shape index (κ3) is 6.03. The summed E-state index contributed by atoms with van der Waals surface area (Å²) in [4.78, 5) is 26.6. The van der Waals surface area contributed by atoms with Gasteiger partial charge in [0.15, 0.2) is 0 Å². The van der Waals surface area contributed by atoms with Crippen LogP contribution in [0.15, 0.2) is 55.3 Å². The fraction of sp³-hybridized carbons (Fsp3) is 0.323. The average Bonchev–Trinajstić information content (AvgIpc) is 3.31. The van der Waals surface area contributed by atoms with E-state index in [1.54, 1.807) is 7.11 Å². The molecule has 2 N–H and O–H groups in total. The number of hydrogen-bond acceptors (Lipinski definition) is 8. The van der Waals surface area contributed by atoms with E-state index >= 15 is 0 Å². The van der Waals surface area contributed by atoms with E-state index in [4.69, 9.17) is 14.7 Å². The lowest BCUT2D eigenvalue weighted by Gasteiger charge is -2.26. The highest BCUT2D eigenvalue weighted by molar-refractivity contribution is 7.98. The molecule has 0 atom stereocenters. The SMILES string of the molecule is C=CC(=O)Nc1cc(Nc2nc3c(c(-c4cn(C)c5ccccc45)n2)CSCC3)c(OC)cc1N(C)CCN(C)C. The third-order valence-corrected chi connectivity index (χ3v) is 8.26. The standard InChI is InChI=1S/C31H37N7O2S/c1-7-29(39)32-24-16-25(28(40-6)17-27(24)37(4)14-13-36(2)3)34-31-33-23-12-15-41-19-22(23)30(35-31)21-18-38(5)26-11-9-8-10-20(21)26/h7-11,16-18H,1,12-15,19H2,2-6H3,(H,32,39)(H,33,34,35). The van der Waals surface area contributed by atoms with Crippen LogP contribution in [0.5, 0.6) is 5.75 Å². The maximum absolute atomic E-state index is 12.4. The Kier molecular flexibility index (Phi) is 8.51. The molecule has 2 aromatic heterocycles. The molecule has 0 aliphatic carbocycles. The van der Waals surface area contributed by atoms with E-state index in [1.807, 2.05) is 45.0 Å². The average molecular weight is 572 g/mol. The monoisotopic (exact) mass is 571 g/mol. The van der Waals surface area contributed by atoms with E-state index in [0.717, 1.165) is 64.6 Å². The molecular weight excluding hydrogens is 534 g/mol. The lowest BCUT2D eigenvalue weighted by atomic mass is 10.0. The summed E-state index contributed by atoms with van der Waals surface area (Å²) in [6.07, 6.45) is 4.29. The topological polar surface area (TPSA) is 87.5 Å². The van der Waals surface area contributed by atoms with Crippen molar-refractivity contribution in [2.75, 3.05) is 62.6 Å². The van der Waals surface area contributed by atoms with Gasteiger partial charge in [0.1, 0.15) is 5.75 Å². The van der Waals surface area contributed by atoms with E-state index in [0.29, 0.717) is 23.1 Å². The molecule has 1 aliphatic heterocycles. The molecule has 1 amide bonds. The van der Waals surface area contributed by atoms with Crippen molar-refractivity contribution in [3.63, 3.8) is 0 Å². The van der Waals surface area contributed by atoms with E-state index in [9.17, 15) is 4.79 Å². The number of ether oxygens (including phenoxy) is 1. The Morgan fingerprint density at radius 3 is 2.73 bits per heavy atom. The molecule has 41 heavy (non-hydrogen) atoms. The largest absolute Gasteiger partial charge is 0.494 e. The first-order valence-corrected chi connectivity index (χ1v) is 14.7. The minimum Gasteiger partial charge on any atom is -0.494 e. The molecular formula is C31H37N7O2S. The minimum atomic E-state index is -0.288. The van der Waals surface area contributed by atoms with Gasteiger partial charge in [-0.25, -0.2) is 9.97 Å². The lowest BCUT2D eigenvalue weighted by Crippen LogP contribution is -2.29. The van der Waals surface area contributed by atoms with Crippen LogP contribution in [0.1, 0.15) is 11.3 Å². The molecule has 0 radical (unpaired) electrons. The smallest absolute Gasteiger partial charge is 0.247 e. The zero-order chi connectivity index (χ0) is 29.1. The molecule has 1 aliphatic rings. The van der Waals surface area contributed by atoms with Crippen LogP contribution in [0.2, 0.25) is 0 Å². The predicted molar refractivity (Wildman–Crippen MR) is 171 cm³/mol. The van der Waals surface area contributed by atoms with Crippen molar-refractivity contribution in [3.8, 4) is 17.0 Å². The zero-order valence-corrected chi connectivity index (χ0v) is 25.1. The summed E-state index contributed by atoms with van der Waals surface area (Å²) < 4.78 is 7.96. The highest BCUT2D eigenvalue weighted by Crippen LogP contribution is 2.40. The minimum absolute atomic E-state index is 0.288. The maximum Gasteiger partial charge on any atom is 0.247 e. The number of aromatic nitrogens is 3. The van der Waals surface area contributed by atoms with Gasteiger partial charge in [0, 0.05) is 67.2 Å². The van der Waals surface area contributed by atoms with Crippen LogP contribution in [0.25, 0.3) is 22.2 Å². The van der Waals surface area contributed by atoms with Gasteiger partial charge < -0.3 is 29.7 Å². The number of likely N-dealkylation sites (N-methyl/N-ethyl adjacent to an activating group) is 2. The molecule has 9 nitrogen and oxygen atoms in total. The molecule has 0 fully saturated rings. The molecule has 10 heteroatoms. The number of benzene rings is 2. The molecule has 214 valence electrons. The van der Waals surface area contributed by atoms with Crippen molar-refractivity contribution in [1.82, 2.24) is 19.4 Å². The van der Waals surface area contributed by atoms with Crippen LogP contribution < -0.4 is 20.3 Å². The number of carbonyl (C=O) groups is 1. The number of fused-ring (bicyclic) bond motifs is 2. The Morgan fingerprint density at radius 1 is 1.17 bits per heavy atom. The summed E-state index contributed by atoms with van der Waals surface area (Å²) in [7, 11) is 9.76. The highest BCUT2D eigenvalue weighted by Gasteiger charge is 2.23. The molecule has 0 saturated carbocycles. The number of para-hydroxylation sites is 1. The van der Waals surface area contributed by atoms with Gasteiger partial charge in [0.25, 0.3) is 0 Å². The Labute approximate surface area is 245 Å². The first-order chi connectivity index (χ1) is 19.8. The molecule has 3 heterocycles. The van der Waals surface area contributed by atoms with Gasteiger partial charge in [-0.15, -0.1) is 0 Å². The molecule has 4 aromatic rings. The first kappa shape index (κ1) is 28.5. The molecule has 0 unspecified atom stereocenters. The second-order valence-corrected chi connectivity index (χ2v) is 11.5. The van der Waals surface area contributed by atoms with Gasteiger partial charge in [-0.3, -0.25) is 4.79 Å². The first-order valence-electron chi connectivity index (χ1n) is 13.6. The fourth-order valence-electron chi connectivity index (χ4n) is 5.07. The number of aryl methyl sites for hydroxylation is 2. The molecule has 2 aromatic carbocycles. The quantitative estimate of drug-likeness (QED) is 0.248. The Morgan fingerprint density at radius 2 is 1.98 bits per heavy atom. The Bertz CT molecular complexity index is 1600. The fourth-order valence-corrected chi connectivity index (χ4v) is 6.06. The number of rotatable bonds is 10. The summed E-state index contributed by atoms with van der Waals surface area (Å²) in [6.45, 7) is 5.24. The van der Waals surface area contributed by atoms with Gasteiger partial charge in [-0.1, -0.05) is 24.8 Å². The van der Waals surface area contributed by atoms with Crippen molar-refractivity contribution in [3.05, 3.63) is 66.5 Å². The number of anilines is 4. The van der Waals surface area contributed by atoms with Crippen molar-refractivity contribution < 1.29 is 9.53 Å². The zero-order valence-electron chi connectivity index (χ0n) is 24.3. The predicted octanol–water partition coefficient (Wildman–Crippen LogP) is 5.30. The van der Waals surface area contributed by atoms with Gasteiger partial charge >= 0.3 is 0 Å². The van der Waals surface area contributed by atoms with Crippen molar-refractivity contribution in [2.24, 2.45) is 7.05 Å². The van der Waals surface area contributed by atoms with Crippen LogP contribution in [-0.2, 0) is 24.0 Å². The molecule has 0 saturated heterocycles. The Hall–Kier alpha value is -4.02. The Balaban J connectivity index is 1.59.